The maximum Gasteiger partial charge on any atom is 0.341 e. The first kappa shape index (κ1) is 19.7. The average molecular weight is 419 g/mol. The number of esters is 1. The van der Waals surface area contributed by atoms with E-state index in [1.165, 1.54) is 7.11 Å². The van der Waals surface area contributed by atoms with Crippen molar-refractivity contribution >= 4 is 17.1 Å². The summed E-state index contributed by atoms with van der Waals surface area (Å²) in [7, 11) is 1.36. The quantitative estimate of drug-likeness (QED) is 0.317. The van der Waals surface area contributed by atoms with Gasteiger partial charge < -0.3 is 9.72 Å². The molecule has 2 aromatic heterocycles. The first-order valence-electron chi connectivity index (χ1n) is 10.3. The second kappa shape index (κ2) is 8.12. The molecule has 0 fully saturated rings. The summed E-state index contributed by atoms with van der Waals surface area (Å²) >= 11 is 0. The van der Waals surface area contributed by atoms with E-state index < -0.39 is 11.4 Å². The normalized spacial score (nSPS) is 11.4. The molecular weight excluding hydrogens is 398 g/mol. The van der Waals surface area contributed by atoms with Crippen molar-refractivity contribution in [3.63, 3.8) is 0 Å². The van der Waals surface area contributed by atoms with Crippen molar-refractivity contribution in [1.82, 2.24) is 15.0 Å². The van der Waals surface area contributed by atoms with E-state index in [0.717, 1.165) is 22.4 Å². The Morgan fingerprint density at radius 2 is 1.31 bits per heavy atom. The standard InChI is InChI=1S/C27H21N3O2/c1-32-26(31)22-17-28-25-24(22)30-23(18-29-25)27(19-11-5-2-6-12-19,20-13-7-3-8-14-20)21-15-9-4-10-16-21/h2-18H,1H3,(H,28,29). The largest absolute Gasteiger partial charge is 0.465 e. The topological polar surface area (TPSA) is 67.9 Å². The van der Waals surface area contributed by atoms with Crippen LogP contribution in [0.15, 0.2) is 103 Å². The number of rotatable bonds is 5. The number of benzene rings is 3. The van der Waals surface area contributed by atoms with E-state index in [9.17, 15) is 4.79 Å². The number of aromatic amines is 1. The molecule has 0 spiro atoms. The molecule has 0 aliphatic rings. The minimum atomic E-state index is -0.727. The zero-order valence-electron chi connectivity index (χ0n) is 17.5. The van der Waals surface area contributed by atoms with Crippen LogP contribution in [0.1, 0.15) is 32.7 Å². The molecule has 0 saturated carbocycles. The highest BCUT2D eigenvalue weighted by molar-refractivity contribution is 6.01. The molecule has 0 saturated heterocycles. The summed E-state index contributed by atoms with van der Waals surface area (Å²) in [4.78, 5) is 25.0. The van der Waals surface area contributed by atoms with Crippen molar-refractivity contribution in [1.29, 1.82) is 0 Å². The van der Waals surface area contributed by atoms with Gasteiger partial charge in [-0.15, -0.1) is 0 Å². The number of nitrogens with zero attached hydrogens (tertiary/aromatic N) is 2. The third-order valence-corrected chi connectivity index (χ3v) is 5.79. The Labute approximate surface area is 185 Å². The summed E-state index contributed by atoms with van der Waals surface area (Å²) in [6.07, 6.45) is 3.38. The molecule has 0 aliphatic heterocycles. The van der Waals surface area contributed by atoms with E-state index in [1.807, 2.05) is 54.6 Å². The third kappa shape index (κ3) is 3.06. The highest BCUT2D eigenvalue weighted by Crippen LogP contribution is 2.44. The number of methoxy groups -OCH3 is 1. The fraction of sp³-hybridized carbons (Fsp3) is 0.0741. The maximum atomic E-state index is 12.3. The molecule has 5 rings (SSSR count). The highest BCUT2D eigenvalue weighted by atomic mass is 16.5. The Kier molecular flexibility index (Phi) is 5.00. The van der Waals surface area contributed by atoms with Gasteiger partial charge in [-0.3, -0.25) is 0 Å². The van der Waals surface area contributed by atoms with Gasteiger partial charge in [0.25, 0.3) is 0 Å². The van der Waals surface area contributed by atoms with E-state index >= 15 is 0 Å². The smallest absolute Gasteiger partial charge is 0.341 e. The second-order valence-electron chi connectivity index (χ2n) is 7.49. The Morgan fingerprint density at radius 1 is 0.812 bits per heavy atom. The van der Waals surface area contributed by atoms with E-state index in [1.54, 1.807) is 12.4 Å². The van der Waals surface area contributed by atoms with Crippen LogP contribution in [0.3, 0.4) is 0 Å². The predicted molar refractivity (Wildman–Crippen MR) is 124 cm³/mol. The van der Waals surface area contributed by atoms with Gasteiger partial charge in [0.05, 0.1) is 24.4 Å². The summed E-state index contributed by atoms with van der Waals surface area (Å²) in [5, 5.41) is 0. The van der Waals surface area contributed by atoms with Crippen LogP contribution >= 0.6 is 0 Å². The van der Waals surface area contributed by atoms with Gasteiger partial charge >= 0.3 is 5.97 Å². The van der Waals surface area contributed by atoms with Crippen LogP contribution in [0.4, 0.5) is 0 Å². The van der Waals surface area contributed by atoms with Crippen molar-refractivity contribution in [3.8, 4) is 0 Å². The van der Waals surface area contributed by atoms with Crippen LogP contribution in [0.5, 0.6) is 0 Å². The molecule has 0 amide bonds. The molecule has 0 aliphatic carbocycles. The Balaban J connectivity index is 1.90. The SMILES string of the molecule is COC(=O)c1c[nH]c2ncc(C(c3ccccc3)(c3ccccc3)c3ccccc3)nc12. The van der Waals surface area contributed by atoms with E-state index in [-0.39, 0.29) is 0 Å². The predicted octanol–water partition coefficient (Wildman–Crippen LogP) is 5.13. The molecule has 156 valence electrons. The van der Waals surface area contributed by atoms with Crippen molar-refractivity contribution in [3.05, 3.63) is 131 Å². The lowest BCUT2D eigenvalue weighted by molar-refractivity contribution is 0.0603. The lowest BCUT2D eigenvalue weighted by Gasteiger charge is -2.35. The fourth-order valence-corrected chi connectivity index (χ4v) is 4.35. The van der Waals surface area contributed by atoms with E-state index in [0.29, 0.717) is 16.7 Å². The highest BCUT2D eigenvalue weighted by Gasteiger charge is 2.40. The lowest BCUT2D eigenvalue weighted by atomic mass is 9.67. The van der Waals surface area contributed by atoms with Crippen molar-refractivity contribution in [2.24, 2.45) is 0 Å². The van der Waals surface area contributed by atoms with Gasteiger partial charge in [0.1, 0.15) is 11.1 Å². The van der Waals surface area contributed by atoms with Crippen LogP contribution in [0.2, 0.25) is 0 Å². The Hall–Kier alpha value is -4.25. The van der Waals surface area contributed by atoms with Gasteiger partial charge in [0.15, 0.2) is 5.65 Å². The van der Waals surface area contributed by atoms with Crippen molar-refractivity contribution in [2.45, 2.75) is 5.41 Å². The number of nitrogens with one attached hydrogen (secondary N) is 1. The first-order chi connectivity index (χ1) is 15.7. The van der Waals surface area contributed by atoms with Crippen LogP contribution < -0.4 is 0 Å². The van der Waals surface area contributed by atoms with Crippen LogP contribution in [0, 0.1) is 0 Å². The van der Waals surface area contributed by atoms with Crippen LogP contribution in [-0.2, 0) is 10.2 Å². The molecule has 32 heavy (non-hydrogen) atoms. The summed E-state index contributed by atoms with van der Waals surface area (Å²) in [5.74, 6) is -0.451. The minimum absolute atomic E-state index is 0.361. The van der Waals surface area contributed by atoms with Crippen molar-refractivity contribution < 1.29 is 9.53 Å². The zero-order valence-corrected chi connectivity index (χ0v) is 17.5. The average Bonchev–Trinajstić information content (AvgIpc) is 3.30. The fourth-order valence-electron chi connectivity index (χ4n) is 4.35. The van der Waals surface area contributed by atoms with E-state index in [2.05, 4.69) is 46.4 Å². The monoisotopic (exact) mass is 419 g/mol. The number of carbonyl (C=O) groups excluding carboxylic acids is 1. The Bertz CT molecular complexity index is 1270. The molecule has 5 nitrogen and oxygen atoms in total. The minimum Gasteiger partial charge on any atom is -0.465 e. The molecule has 0 bridgehead atoms. The molecule has 1 N–H and O–H groups in total. The molecule has 2 heterocycles. The summed E-state index contributed by atoms with van der Waals surface area (Å²) in [6.45, 7) is 0. The number of carbonyl (C=O) groups is 1. The van der Waals surface area contributed by atoms with Crippen LogP contribution in [0.25, 0.3) is 11.2 Å². The Morgan fingerprint density at radius 3 is 1.78 bits per heavy atom. The number of fused-ring (bicyclic) bond motifs is 1. The van der Waals surface area contributed by atoms with Gasteiger partial charge in [-0.05, 0) is 16.7 Å². The zero-order chi connectivity index (χ0) is 22.0. The maximum absolute atomic E-state index is 12.3. The number of ether oxygens (including phenoxy) is 1. The molecular formula is C27H21N3O2. The summed E-state index contributed by atoms with van der Waals surface area (Å²) in [5.41, 5.74) is 4.55. The summed E-state index contributed by atoms with van der Waals surface area (Å²) < 4.78 is 4.96. The molecule has 3 aromatic carbocycles. The molecule has 0 atom stereocenters. The van der Waals surface area contributed by atoms with Gasteiger partial charge in [0, 0.05) is 6.20 Å². The molecule has 0 radical (unpaired) electrons. The lowest BCUT2D eigenvalue weighted by Crippen LogP contribution is -2.32. The van der Waals surface area contributed by atoms with Gasteiger partial charge in [-0.2, -0.15) is 0 Å². The molecule has 0 unspecified atom stereocenters. The summed E-state index contributed by atoms with van der Waals surface area (Å²) in [6, 6.07) is 30.8. The number of hydrogen-bond donors (Lipinski definition) is 1. The number of aromatic nitrogens is 3. The van der Waals surface area contributed by atoms with E-state index in [4.69, 9.17) is 9.72 Å². The van der Waals surface area contributed by atoms with Crippen molar-refractivity contribution in [2.75, 3.05) is 7.11 Å². The second-order valence-corrected chi connectivity index (χ2v) is 7.49. The number of H-pyrrole nitrogens is 1. The van der Waals surface area contributed by atoms with Crippen LogP contribution in [-0.4, -0.2) is 28.0 Å². The van der Waals surface area contributed by atoms with Gasteiger partial charge in [-0.25, -0.2) is 14.8 Å². The van der Waals surface area contributed by atoms with Gasteiger partial charge in [-0.1, -0.05) is 91.0 Å². The molecule has 5 aromatic rings. The van der Waals surface area contributed by atoms with Gasteiger partial charge in [0.2, 0.25) is 0 Å². The first-order valence-corrected chi connectivity index (χ1v) is 10.3. The third-order valence-electron chi connectivity index (χ3n) is 5.79. The molecule has 5 heteroatoms. The number of hydrogen-bond acceptors (Lipinski definition) is 4.